The fraction of sp³-hybridized carbons (Fsp3) is 0.312. The summed E-state index contributed by atoms with van der Waals surface area (Å²) in [7, 11) is 0. The molecule has 0 spiro atoms. The summed E-state index contributed by atoms with van der Waals surface area (Å²) in [5, 5.41) is 6.60. The van der Waals surface area contributed by atoms with Crippen LogP contribution in [0.1, 0.15) is 23.2 Å². The second kappa shape index (κ2) is 6.66. The van der Waals surface area contributed by atoms with Crippen molar-refractivity contribution in [1.29, 1.82) is 0 Å². The van der Waals surface area contributed by atoms with Crippen LogP contribution < -0.4 is 4.74 Å². The summed E-state index contributed by atoms with van der Waals surface area (Å²) >= 11 is 8.64. The van der Waals surface area contributed by atoms with Gasteiger partial charge in [-0.3, -0.25) is 4.79 Å². The zero-order chi connectivity index (χ0) is 16.5. The maximum Gasteiger partial charge on any atom is 0.256 e. The Kier molecular flexibility index (Phi) is 4.39. The lowest BCUT2D eigenvalue weighted by molar-refractivity contribution is 0.0598. The first-order chi connectivity index (χ1) is 11.7. The molecule has 0 atom stereocenters. The van der Waals surface area contributed by atoms with Gasteiger partial charge >= 0.3 is 0 Å². The Balaban J connectivity index is 1.38. The van der Waals surface area contributed by atoms with Crippen LogP contribution in [0.4, 0.5) is 0 Å². The van der Waals surface area contributed by atoms with E-state index in [1.165, 1.54) is 22.9 Å². The van der Waals surface area contributed by atoms with E-state index < -0.39 is 0 Å². The lowest BCUT2D eigenvalue weighted by Gasteiger charge is -2.32. The van der Waals surface area contributed by atoms with Crippen molar-refractivity contribution in [3.8, 4) is 5.75 Å². The van der Waals surface area contributed by atoms with Gasteiger partial charge in [0.1, 0.15) is 11.9 Å². The molecule has 0 radical (unpaired) electrons. The first-order valence-corrected chi connectivity index (χ1v) is 9.65. The van der Waals surface area contributed by atoms with E-state index in [9.17, 15) is 4.79 Å². The predicted octanol–water partition coefficient (Wildman–Crippen LogP) is 4.09. The molecule has 2 aromatic heterocycles. The number of carbonyl (C=O) groups excluding carboxylic acids is 1. The predicted molar refractivity (Wildman–Crippen MR) is 96.3 cm³/mol. The van der Waals surface area contributed by atoms with Crippen LogP contribution in [0.15, 0.2) is 29.6 Å². The smallest absolute Gasteiger partial charge is 0.256 e. The minimum atomic E-state index is 0.0669. The summed E-state index contributed by atoms with van der Waals surface area (Å²) in [6.07, 6.45) is 1.77. The van der Waals surface area contributed by atoms with Crippen molar-refractivity contribution >= 4 is 49.9 Å². The van der Waals surface area contributed by atoms with Gasteiger partial charge in [0.25, 0.3) is 5.91 Å². The molecule has 1 aromatic carbocycles. The van der Waals surface area contributed by atoms with Gasteiger partial charge in [-0.1, -0.05) is 16.1 Å². The molecule has 0 N–H and O–H groups in total. The van der Waals surface area contributed by atoms with Gasteiger partial charge in [0, 0.05) is 36.3 Å². The third-order valence-corrected chi connectivity index (χ3v) is 6.07. The number of hydrogen-bond donors (Lipinski definition) is 0. The van der Waals surface area contributed by atoms with Crippen LogP contribution in [0.3, 0.4) is 0 Å². The Morgan fingerprint density at radius 2 is 2.00 bits per heavy atom. The number of nitrogens with zero attached hydrogens (tertiary/aromatic N) is 3. The van der Waals surface area contributed by atoms with Gasteiger partial charge in [0.2, 0.25) is 0 Å². The van der Waals surface area contributed by atoms with Crippen LogP contribution in [0.5, 0.6) is 5.75 Å². The van der Waals surface area contributed by atoms with Gasteiger partial charge in [-0.25, -0.2) is 0 Å². The number of amides is 1. The number of carbonyl (C=O) groups is 1. The van der Waals surface area contributed by atoms with Crippen molar-refractivity contribution < 1.29 is 9.53 Å². The molecule has 0 saturated carbocycles. The van der Waals surface area contributed by atoms with E-state index in [1.807, 2.05) is 34.5 Å². The van der Waals surface area contributed by atoms with E-state index in [2.05, 4.69) is 9.59 Å². The molecule has 1 amide bonds. The monoisotopic (exact) mass is 379 g/mol. The highest BCUT2D eigenvalue weighted by Gasteiger charge is 2.27. The van der Waals surface area contributed by atoms with Gasteiger partial charge in [-0.05, 0) is 35.8 Å². The standard InChI is InChI=1S/C16H14ClN3O2S2/c17-10-1-3-11(4-2-10)22-12-5-7-20(8-6-12)16(21)13-9-23-15-14(13)24-19-18-15/h1-4,9,12H,5-8H2. The topological polar surface area (TPSA) is 55.3 Å². The molecule has 8 heteroatoms. The van der Waals surface area contributed by atoms with Crippen LogP contribution >= 0.6 is 34.5 Å². The minimum Gasteiger partial charge on any atom is -0.490 e. The van der Waals surface area contributed by atoms with E-state index >= 15 is 0 Å². The molecule has 1 aliphatic rings. The summed E-state index contributed by atoms with van der Waals surface area (Å²) < 4.78 is 10.8. The van der Waals surface area contributed by atoms with Crippen molar-refractivity contribution in [3.05, 3.63) is 40.2 Å². The van der Waals surface area contributed by atoms with Crippen LogP contribution in [0, 0.1) is 0 Å². The van der Waals surface area contributed by atoms with Crippen molar-refractivity contribution in [2.24, 2.45) is 0 Å². The molecule has 0 aliphatic carbocycles. The molecule has 1 saturated heterocycles. The quantitative estimate of drug-likeness (QED) is 0.687. The number of likely N-dealkylation sites (tertiary alicyclic amines) is 1. The summed E-state index contributed by atoms with van der Waals surface area (Å²) in [5.74, 6) is 0.886. The summed E-state index contributed by atoms with van der Waals surface area (Å²) in [6.45, 7) is 1.39. The number of thiophene rings is 1. The van der Waals surface area contributed by atoms with Crippen molar-refractivity contribution in [2.75, 3.05) is 13.1 Å². The van der Waals surface area contributed by atoms with E-state index in [4.69, 9.17) is 16.3 Å². The van der Waals surface area contributed by atoms with Crippen molar-refractivity contribution in [3.63, 3.8) is 0 Å². The van der Waals surface area contributed by atoms with E-state index in [0.717, 1.165) is 33.7 Å². The van der Waals surface area contributed by atoms with Gasteiger partial charge < -0.3 is 9.64 Å². The molecular formula is C16H14ClN3O2S2. The number of aromatic nitrogens is 2. The van der Waals surface area contributed by atoms with Gasteiger partial charge in [-0.15, -0.1) is 16.4 Å². The Morgan fingerprint density at radius 1 is 1.25 bits per heavy atom. The lowest BCUT2D eigenvalue weighted by Crippen LogP contribution is -2.41. The van der Waals surface area contributed by atoms with Crippen molar-refractivity contribution in [1.82, 2.24) is 14.5 Å². The maximum absolute atomic E-state index is 12.7. The molecule has 5 nitrogen and oxygen atoms in total. The molecule has 0 unspecified atom stereocenters. The molecule has 124 valence electrons. The summed E-state index contributed by atoms with van der Waals surface area (Å²) in [5.41, 5.74) is 0.724. The summed E-state index contributed by atoms with van der Waals surface area (Å²) in [6, 6.07) is 7.39. The van der Waals surface area contributed by atoms with Gasteiger partial charge in [0.15, 0.2) is 4.83 Å². The lowest BCUT2D eigenvalue weighted by atomic mass is 10.1. The minimum absolute atomic E-state index is 0.0669. The fourth-order valence-electron chi connectivity index (χ4n) is 2.79. The fourth-order valence-corrected chi connectivity index (χ4v) is 4.62. The average Bonchev–Trinajstić information content (AvgIpc) is 3.20. The molecule has 3 aromatic rings. The third kappa shape index (κ3) is 3.11. The Labute approximate surface area is 152 Å². The number of piperidine rings is 1. The van der Waals surface area contributed by atoms with Gasteiger partial charge in [0.05, 0.1) is 10.3 Å². The zero-order valence-electron chi connectivity index (χ0n) is 12.6. The second-order valence-electron chi connectivity index (χ2n) is 5.62. The first kappa shape index (κ1) is 15.8. The van der Waals surface area contributed by atoms with Gasteiger partial charge in [-0.2, -0.15) is 0 Å². The molecule has 3 heterocycles. The first-order valence-electron chi connectivity index (χ1n) is 7.62. The molecular weight excluding hydrogens is 366 g/mol. The molecule has 1 aliphatic heterocycles. The SMILES string of the molecule is O=C(c1csc2nnsc12)N1CCC(Oc2ccc(Cl)cc2)CC1. The largest absolute Gasteiger partial charge is 0.490 e. The molecule has 0 bridgehead atoms. The maximum atomic E-state index is 12.7. The number of halogens is 1. The number of benzene rings is 1. The second-order valence-corrected chi connectivity index (χ2v) is 7.67. The van der Waals surface area contributed by atoms with E-state index in [-0.39, 0.29) is 12.0 Å². The summed E-state index contributed by atoms with van der Waals surface area (Å²) in [4.78, 5) is 15.4. The molecule has 4 rings (SSSR count). The van der Waals surface area contributed by atoms with Crippen LogP contribution in [-0.2, 0) is 0 Å². The normalized spacial score (nSPS) is 15.8. The Morgan fingerprint density at radius 3 is 2.75 bits per heavy atom. The number of fused-ring (bicyclic) bond motifs is 1. The third-order valence-electron chi connectivity index (χ3n) is 4.07. The Bertz CT molecular complexity index is 854. The molecule has 24 heavy (non-hydrogen) atoms. The molecule has 1 fully saturated rings. The van der Waals surface area contributed by atoms with Crippen LogP contribution in [0.25, 0.3) is 9.53 Å². The zero-order valence-corrected chi connectivity index (χ0v) is 15.0. The number of ether oxygens (including phenoxy) is 1. The highest BCUT2D eigenvalue weighted by atomic mass is 35.5. The highest BCUT2D eigenvalue weighted by molar-refractivity contribution is 7.24. The van der Waals surface area contributed by atoms with Crippen LogP contribution in [-0.4, -0.2) is 39.6 Å². The Hall–Kier alpha value is -1.70. The highest BCUT2D eigenvalue weighted by Crippen LogP contribution is 2.29. The average molecular weight is 380 g/mol. The van der Waals surface area contributed by atoms with Crippen molar-refractivity contribution in [2.45, 2.75) is 18.9 Å². The number of rotatable bonds is 3. The van der Waals surface area contributed by atoms with E-state index in [0.29, 0.717) is 18.1 Å². The number of hydrogen-bond acceptors (Lipinski definition) is 6. The van der Waals surface area contributed by atoms with E-state index in [1.54, 1.807) is 0 Å². The van der Waals surface area contributed by atoms with Crippen LogP contribution in [0.2, 0.25) is 5.02 Å².